The number of hydrogen-bond acceptors (Lipinski definition) is 5. The molecule has 3 fully saturated rings. The molecule has 0 aromatic heterocycles. The van der Waals surface area contributed by atoms with E-state index in [4.69, 9.17) is 14.3 Å². The van der Waals surface area contributed by atoms with Gasteiger partial charge in [0, 0.05) is 25.3 Å². The summed E-state index contributed by atoms with van der Waals surface area (Å²) < 4.78 is 11.7. The van der Waals surface area contributed by atoms with Gasteiger partial charge in [-0.15, -0.1) is 0 Å². The minimum atomic E-state index is -1.21. The first-order valence-electron chi connectivity index (χ1n) is 7.41. The van der Waals surface area contributed by atoms with Crippen molar-refractivity contribution in [3.8, 4) is 0 Å². The maximum Gasteiger partial charge on any atom is 0.371 e. The van der Waals surface area contributed by atoms with Crippen molar-refractivity contribution < 1.29 is 19.1 Å². The quantitative estimate of drug-likeness (QED) is 0.778. The second kappa shape index (κ2) is 4.72. The predicted octanol–water partition coefficient (Wildman–Crippen LogP) is 2.11. The maximum absolute atomic E-state index is 12.4. The van der Waals surface area contributed by atoms with E-state index in [2.05, 4.69) is 19.3 Å². The molecule has 5 nitrogen and oxygen atoms in total. The van der Waals surface area contributed by atoms with Gasteiger partial charge in [0.1, 0.15) is 0 Å². The van der Waals surface area contributed by atoms with Gasteiger partial charge in [0.15, 0.2) is 0 Å². The zero-order chi connectivity index (χ0) is 13.5. The van der Waals surface area contributed by atoms with E-state index in [9.17, 15) is 4.79 Å². The van der Waals surface area contributed by atoms with Crippen LogP contribution in [0.4, 0.5) is 0 Å². The van der Waals surface area contributed by atoms with Crippen molar-refractivity contribution in [2.24, 2.45) is 11.8 Å². The highest BCUT2D eigenvalue weighted by atomic mass is 16.9. The Labute approximate surface area is 113 Å². The molecule has 0 bridgehead atoms. The number of esters is 1. The molecule has 2 heterocycles. The first-order chi connectivity index (χ1) is 9.06. The largest absolute Gasteiger partial charge is 0.429 e. The highest BCUT2D eigenvalue weighted by Gasteiger charge is 2.65. The third kappa shape index (κ3) is 2.18. The van der Waals surface area contributed by atoms with Gasteiger partial charge in [0.2, 0.25) is 5.79 Å². The number of carbonyl (C=O) groups is 1. The lowest BCUT2D eigenvalue weighted by molar-refractivity contribution is -0.282. The lowest BCUT2D eigenvalue weighted by Gasteiger charge is -2.32. The highest BCUT2D eigenvalue weighted by molar-refractivity contribution is 5.80. The molecule has 2 atom stereocenters. The molecular formula is C14H23NO4. The van der Waals surface area contributed by atoms with E-state index in [0.717, 1.165) is 32.1 Å². The van der Waals surface area contributed by atoms with Gasteiger partial charge in [-0.2, -0.15) is 5.48 Å². The molecule has 2 aliphatic heterocycles. The molecule has 0 radical (unpaired) electrons. The van der Waals surface area contributed by atoms with Crippen molar-refractivity contribution >= 4 is 5.97 Å². The number of hydroxylamine groups is 1. The Kier molecular flexibility index (Phi) is 3.31. The minimum Gasteiger partial charge on any atom is -0.429 e. The van der Waals surface area contributed by atoms with Gasteiger partial charge in [-0.1, -0.05) is 20.3 Å². The summed E-state index contributed by atoms with van der Waals surface area (Å²) >= 11 is 0. The van der Waals surface area contributed by atoms with Crippen LogP contribution >= 0.6 is 0 Å². The highest BCUT2D eigenvalue weighted by Crippen LogP contribution is 2.48. The van der Waals surface area contributed by atoms with Gasteiger partial charge in [0.25, 0.3) is 5.79 Å². The Morgan fingerprint density at radius 3 is 2.74 bits per heavy atom. The van der Waals surface area contributed by atoms with Crippen molar-refractivity contribution in [3.63, 3.8) is 0 Å². The Morgan fingerprint density at radius 2 is 2.05 bits per heavy atom. The van der Waals surface area contributed by atoms with Crippen molar-refractivity contribution in [1.82, 2.24) is 5.48 Å². The lowest BCUT2D eigenvalue weighted by Crippen LogP contribution is -2.45. The average molecular weight is 269 g/mol. The summed E-state index contributed by atoms with van der Waals surface area (Å²) in [5.41, 5.74) is 2.84. The third-order valence-corrected chi connectivity index (χ3v) is 4.36. The van der Waals surface area contributed by atoms with E-state index in [0.29, 0.717) is 12.5 Å². The van der Waals surface area contributed by atoms with Gasteiger partial charge < -0.3 is 4.74 Å². The van der Waals surface area contributed by atoms with E-state index < -0.39 is 11.6 Å². The van der Waals surface area contributed by atoms with Gasteiger partial charge >= 0.3 is 5.97 Å². The van der Waals surface area contributed by atoms with Crippen LogP contribution in [-0.2, 0) is 19.1 Å². The standard InChI is InChI=1S/C14H23NO4/c1-10(2)8-11-9-15-19-14(11)12(16)17-13(18-14)6-4-3-5-7-13/h10-11,15H,3-9H2,1-2H3/t11-,14+/m0/s1. The van der Waals surface area contributed by atoms with Crippen molar-refractivity contribution in [2.45, 2.75) is 63.9 Å². The van der Waals surface area contributed by atoms with E-state index >= 15 is 0 Å². The molecule has 0 amide bonds. The van der Waals surface area contributed by atoms with Crippen molar-refractivity contribution in [1.29, 1.82) is 0 Å². The van der Waals surface area contributed by atoms with Crippen molar-refractivity contribution in [3.05, 3.63) is 0 Å². The van der Waals surface area contributed by atoms with E-state index in [1.54, 1.807) is 0 Å². The molecule has 0 unspecified atom stereocenters. The van der Waals surface area contributed by atoms with Crippen LogP contribution in [0.15, 0.2) is 0 Å². The fourth-order valence-electron chi connectivity index (χ4n) is 3.46. The second-order valence-corrected chi connectivity index (χ2v) is 6.41. The Bertz CT molecular complexity index is 364. The Hall–Kier alpha value is -0.650. The van der Waals surface area contributed by atoms with Gasteiger partial charge in [-0.3, -0.25) is 9.57 Å². The number of rotatable bonds is 2. The molecule has 1 saturated carbocycles. The first kappa shape index (κ1) is 13.3. The summed E-state index contributed by atoms with van der Waals surface area (Å²) in [5, 5.41) is 0. The molecule has 5 heteroatoms. The van der Waals surface area contributed by atoms with Gasteiger partial charge in [-0.05, 0) is 25.2 Å². The van der Waals surface area contributed by atoms with Crippen LogP contribution in [0.5, 0.6) is 0 Å². The number of nitrogens with one attached hydrogen (secondary N) is 1. The zero-order valence-corrected chi connectivity index (χ0v) is 11.7. The molecule has 0 aromatic carbocycles. The topological polar surface area (TPSA) is 56.8 Å². The molecule has 3 aliphatic rings. The fraction of sp³-hybridized carbons (Fsp3) is 0.929. The van der Waals surface area contributed by atoms with Crippen LogP contribution in [0.2, 0.25) is 0 Å². The molecular weight excluding hydrogens is 246 g/mol. The number of carbonyl (C=O) groups excluding carboxylic acids is 1. The van der Waals surface area contributed by atoms with Crippen LogP contribution in [0.1, 0.15) is 52.4 Å². The smallest absolute Gasteiger partial charge is 0.371 e. The maximum atomic E-state index is 12.4. The minimum absolute atomic E-state index is 0.0290. The Balaban J connectivity index is 1.81. The van der Waals surface area contributed by atoms with Crippen molar-refractivity contribution in [2.75, 3.05) is 6.54 Å². The summed E-state index contributed by atoms with van der Waals surface area (Å²) in [6.07, 6.45) is 5.75. The number of hydrogen-bond donors (Lipinski definition) is 1. The van der Waals surface area contributed by atoms with E-state index in [1.165, 1.54) is 6.42 Å². The summed E-state index contributed by atoms with van der Waals surface area (Å²) in [4.78, 5) is 17.9. The van der Waals surface area contributed by atoms with E-state index in [-0.39, 0.29) is 11.9 Å². The molecule has 2 saturated heterocycles. The zero-order valence-electron chi connectivity index (χ0n) is 11.7. The summed E-state index contributed by atoms with van der Waals surface area (Å²) in [7, 11) is 0. The molecule has 2 spiro atoms. The SMILES string of the molecule is CC(C)C[C@H]1CNO[C@]12OC1(CCCCC1)OC2=O. The fourth-order valence-corrected chi connectivity index (χ4v) is 3.46. The molecule has 3 rings (SSSR count). The molecule has 108 valence electrons. The first-order valence-corrected chi connectivity index (χ1v) is 7.41. The van der Waals surface area contributed by atoms with Crippen LogP contribution in [0.25, 0.3) is 0 Å². The van der Waals surface area contributed by atoms with Crippen LogP contribution in [-0.4, -0.2) is 24.1 Å². The summed E-state index contributed by atoms with van der Waals surface area (Å²) in [5.74, 6) is -1.76. The molecule has 19 heavy (non-hydrogen) atoms. The van der Waals surface area contributed by atoms with Crippen LogP contribution in [0, 0.1) is 11.8 Å². The third-order valence-electron chi connectivity index (χ3n) is 4.36. The monoisotopic (exact) mass is 269 g/mol. The molecule has 1 N–H and O–H groups in total. The average Bonchev–Trinajstić information content (AvgIpc) is 2.84. The Morgan fingerprint density at radius 1 is 1.32 bits per heavy atom. The normalized spacial score (nSPS) is 37.4. The summed E-state index contributed by atoms with van der Waals surface area (Å²) in [6.45, 7) is 4.93. The van der Waals surface area contributed by atoms with Gasteiger partial charge in [-0.25, -0.2) is 4.79 Å². The molecule has 1 aliphatic carbocycles. The van der Waals surface area contributed by atoms with Crippen LogP contribution in [0.3, 0.4) is 0 Å². The van der Waals surface area contributed by atoms with Gasteiger partial charge in [0.05, 0.1) is 0 Å². The summed E-state index contributed by atoms with van der Waals surface area (Å²) in [6, 6.07) is 0. The number of ether oxygens (including phenoxy) is 2. The second-order valence-electron chi connectivity index (χ2n) is 6.41. The molecule has 0 aromatic rings. The lowest BCUT2D eigenvalue weighted by atomic mass is 9.90. The van der Waals surface area contributed by atoms with E-state index in [1.807, 2.05) is 0 Å². The predicted molar refractivity (Wildman–Crippen MR) is 67.8 cm³/mol. The van der Waals surface area contributed by atoms with Crippen LogP contribution < -0.4 is 5.48 Å².